The number of nitriles is 1. The van der Waals surface area contributed by atoms with Crippen LogP contribution in [0.4, 0.5) is 0 Å². The van der Waals surface area contributed by atoms with E-state index in [9.17, 15) is 0 Å². The van der Waals surface area contributed by atoms with Crippen molar-refractivity contribution in [1.82, 2.24) is 20.0 Å². The molecule has 0 fully saturated rings. The lowest BCUT2D eigenvalue weighted by molar-refractivity contribution is 0.850. The van der Waals surface area contributed by atoms with Crippen molar-refractivity contribution in [3.8, 4) is 6.19 Å². The van der Waals surface area contributed by atoms with Crippen molar-refractivity contribution >= 4 is 27.5 Å². The number of nitrogens with one attached hydrogen (secondary N) is 2. The topological polar surface area (TPSA) is 77.5 Å². The number of halogens is 1. The number of imidazole rings is 1. The van der Waals surface area contributed by atoms with Crippen molar-refractivity contribution in [3.05, 3.63) is 34.7 Å². The van der Waals surface area contributed by atoms with Crippen LogP contribution in [0.2, 0.25) is 0 Å². The van der Waals surface area contributed by atoms with Gasteiger partial charge >= 0.3 is 0 Å². The number of aromatic nitrogens is 2. The van der Waals surface area contributed by atoms with Gasteiger partial charge in [-0.25, -0.2) is 4.98 Å². The number of hydrogen-bond donors (Lipinski definition) is 2. The van der Waals surface area contributed by atoms with Crippen molar-refractivity contribution in [1.29, 1.82) is 5.26 Å². The molecule has 2 N–H and O–H groups in total. The molecule has 0 radical (unpaired) electrons. The molecule has 7 heteroatoms. The Morgan fingerprint density at radius 2 is 2.44 bits per heavy atom. The Bertz CT molecular complexity index is 624. The van der Waals surface area contributed by atoms with E-state index < -0.39 is 0 Å². The Balaban J connectivity index is 2.18. The van der Waals surface area contributed by atoms with E-state index in [-0.39, 0.29) is 0 Å². The molecule has 6 nitrogen and oxygen atoms in total. The highest BCUT2D eigenvalue weighted by Crippen LogP contribution is 2.18. The van der Waals surface area contributed by atoms with Crippen LogP contribution in [0.15, 0.2) is 34.0 Å². The summed E-state index contributed by atoms with van der Waals surface area (Å²) in [6.07, 6.45) is 3.74. The Hall–Kier alpha value is -2.07. The third-order valence-electron chi connectivity index (χ3n) is 2.36. The first-order chi connectivity index (χ1) is 8.76. The smallest absolute Gasteiger partial charge is 0.204 e. The molecule has 2 aromatic heterocycles. The second kappa shape index (κ2) is 5.51. The zero-order valence-corrected chi connectivity index (χ0v) is 11.3. The van der Waals surface area contributed by atoms with E-state index in [1.807, 2.05) is 35.0 Å². The molecule has 0 unspecified atom stereocenters. The van der Waals surface area contributed by atoms with Gasteiger partial charge in [0, 0.05) is 13.2 Å². The van der Waals surface area contributed by atoms with Crippen LogP contribution in [0.25, 0.3) is 5.65 Å². The highest BCUT2D eigenvalue weighted by molar-refractivity contribution is 9.10. The zero-order valence-electron chi connectivity index (χ0n) is 9.68. The average Bonchev–Trinajstić information content (AvgIpc) is 2.72. The number of fused-ring (bicyclic) bond motifs is 1. The summed E-state index contributed by atoms with van der Waals surface area (Å²) in [6.45, 7) is 0.476. The molecule has 0 aliphatic carbocycles. The SMILES string of the molecule is C/N=C(\NC#N)NCc1nc2ccccn2c1Br. The Morgan fingerprint density at radius 3 is 3.11 bits per heavy atom. The third kappa shape index (κ3) is 2.43. The van der Waals surface area contributed by atoms with Crippen molar-refractivity contribution in [3.63, 3.8) is 0 Å². The van der Waals surface area contributed by atoms with Gasteiger partial charge < -0.3 is 5.32 Å². The van der Waals surface area contributed by atoms with Gasteiger partial charge in [-0.1, -0.05) is 6.07 Å². The van der Waals surface area contributed by atoms with E-state index in [2.05, 4.69) is 36.5 Å². The van der Waals surface area contributed by atoms with E-state index in [1.54, 1.807) is 7.05 Å². The van der Waals surface area contributed by atoms with Gasteiger partial charge in [-0.2, -0.15) is 5.26 Å². The first-order valence-electron chi connectivity index (χ1n) is 5.23. The fourth-order valence-corrected chi connectivity index (χ4v) is 2.06. The Kier molecular flexibility index (Phi) is 3.79. The lowest BCUT2D eigenvalue weighted by Gasteiger charge is -2.04. The van der Waals surface area contributed by atoms with Gasteiger partial charge in [-0.3, -0.25) is 14.7 Å². The van der Waals surface area contributed by atoms with Gasteiger partial charge in [0.2, 0.25) is 5.96 Å². The maximum atomic E-state index is 8.52. The van der Waals surface area contributed by atoms with E-state index in [0.717, 1.165) is 15.9 Å². The summed E-state index contributed by atoms with van der Waals surface area (Å²) in [6, 6.07) is 5.80. The minimum Gasteiger partial charge on any atom is -0.350 e. The number of guanidine groups is 1. The second-order valence-corrected chi connectivity index (χ2v) is 4.19. The molecule has 0 amide bonds. The second-order valence-electron chi connectivity index (χ2n) is 3.44. The summed E-state index contributed by atoms with van der Waals surface area (Å²) >= 11 is 3.50. The molecule has 0 aromatic carbocycles. The average molecular weight is 307 g/mol. The van der Waals surface area contributed by atoms with E-state index >= 15 is 0 Å². The Morgan fingerprint density at radius 1 is 1.61 bits per heavy atom. The van der Waals surface area contributed by atoms with Crippen LogP contribution in [0.3, 0.4) is 0 Å². The number of rotatable bonds is 2. The molecule has 2 aromatic rings. The predicted octanol–water partition coefficient (Wildman–Crippen LogP) is 1.24. The van der Waals surface area contributed by atoms with Crippen LogP contribution >= 0.6 is 15.9 Å². The summed E-state index contributed by atoms with van der Waals surface area (Å²) in [5, 5.41) is 14.0. The van der Waals surface area contributed by atoms with Crippen molar-refractivity contribution in [2.75, 3.05) is 7.05 Å². The molecule has 0 bridgehead atoms. The van der Waals surface area contributed by atoms with E-state index in [1.165, 1.54) is 0 Å². The Labute approximate surface area is 112 Å². The van der Waals surface area contributed by atoms with E-state index in [0.29, 0.717) is 12.5 Å². The van der Waals surface area contributed by atoms with Gasteiger partial charge in [-0.05, 0) is 28.1 Å². The molecule has 0 aliphatic rings. The minimum atomic E-state index is 0.418. The first-order valence-corrected chi connectivity index (χ1v) is 6.02. The highest BCUT2D eigenvalue weighted by atomic mass is 79.9. The normalized spacial score (nSPS) is 11.3. The lowest BCUT2D eigenvalue weighted by Crippen LogP contribution is -2.33. The molecule has 0 saturated carbocycles. The van der Waals surface area contributed by atoms with Crippen LogP contribution in [-0.4, -0.2) is 22.4 Å². The fourth-order valence-electron chi connectivity index (χ4n) is 1.53. The molecule has 2 rings (SSSR count). The molecular formula is C11H11BrN6. The molecule has 0 aliphatic heterocycles. The standard InChI is InChI=1S/C11H11BrN6/c1-14-11(16-7-13)15-6-8-10(12)18-5-3-2-4-9(18)17-8/h2-5H,6H2,1H3,(H2,14,15,16). The van der Waals surface area contributed by atoms with Crippen LogP contribution in [0.5, 0.6) is 0 Å². The number of pyridine rings is 1. The van der Waals surface area contributed by atoms with Gasteiger partial charge in [0.15, 0.2) is 6.19 Å². The van der Waals surface area contributed by atoms with Crippen LogP contribution in [0, 0.1) is 11.5 Å². The fraction of sp³-hybridized carbons (Fsp3) is 0.182. The molecule has 92 valence electrons. The maximum absolute atomic E-state index is 8.52. The van der Waals surface area contributed by atoms with Crippen LogP contribution < -0.4 is 10.6 Å². The summed E-state index contributed by atoms with van der Waals surface area (Å²) in [4.78, 5) is 8.37. The third-order valence-corrected chi connectivity index (χ3v) is 3.20. The first kappa shape index (κ1) is 12.4. The summed E-state index contributed by atoms with van der Waals surface area (Å²) in [5.74, 6) is 0.418. The van der Waals surface area contributed by atoms with Crippen molar-refractivity contribution in [2.24, 2.45) is 4.99 Å². The van der Waals surface area contributed by atoms with Crippen molar-refractivity contribution < 1.29 is 0 Å². The summed E-state index contributed by atoms with van der Waals surface area (Å²) in [5.41, 5.74) is 1.71. The number of hydrogen-bond acceptors (Lipinski definition) is 3. The quantitative estimate of drug-likeness (QED) is 0.379. The van der Waals surface area contributed by atoms with Gasteiger partial charge in [0.05, 0.1) is 12.2 Å². The lowest BCUT2D eigenvalue weighted by atomic mass is 10.5. The monoisotopic (exact) mass is 306 g/mol. The minimum absolute atomic E-state index is 0.418. The van der Waals surface area contributed by atoms with Gasteiger partial charge in [0.25, 0.3) is 0 Å². The van der Waals surface area contributed by atoms with Gasteiger partial charge in [-0.15, -0.1) is 0 Å². The van der Waals surface area contributed by atoms with E-state index in [4.69, 9.17) is 5.26 Å². The van der Waals surface area contributed by atoms with Crippen LogP contribution in [0.1, 0.15) is 5.69 Å². The maximum Gasteiger partial charge on any atom is 0.204 e. The molecular weight excluding hydrogens is 296 g/mol. The molecule has 18 heavy (non-hydrogen) atoms. The summed E-state index contributed by atoms with van der Waals surface area (Å²) in [7, 11) is 1.60. The zero-order chi connectivity index (χ0) is 13.0. The predicted molar refractivity (Wildman–Crippen MR) is 71.8 cm³/mol. The van der Waals surface area contributed by atoms with Crippen molar-refractivity contribution in [2.45, 2.75) is 6.54 Å². The highest BCUT2D eigenvalue weighted by Gasteiger charge is 2.09. The summed E-state index contributed by atoms with van der Waals surface area (Å²) < 4.78 is 2.83. The molecule has 0 atom stereocenters. The molecule has 2 heterocycles. The molecule has 0 saturated heterocycles. The largest absolute Gasteiger partial charge is 0.350 e. The van der Waals surface area contributed by atoms with Crippen LogP contribution in [-0.2, 0) is 6.54 Å². The molecule has 0 spiro atoms. The number of aliphatic imine (C=N–C) groups is 1. The number of nitrogens with zero attached hydrogens (tertiary/aromatic N) is 4. The van der Waals surface area contributed by atoms with Gasteiger partial charge in [0.1, 0.15) is 10.3 Å².